The van der Waals surface area contributed by atoms with Gasteiger partial charge in [0.25, 0.3) is 5.91 Å². The van der Waals surface area contributed by atoms with Gasteiger partial charge in [-0.15, -0.1) is 0 Å². The first-order valence-corrected chi connectivity index (χ1v) is 12.1. The van der Waals surface area contributed by atoms with Crippen molar-refractivity contribution in [2.24, 2.45) is 0 Å². The first kappa shape index (κ1) is 21.2. The van der Waals surface area contributed by atoms with E-state index in [-0.39, 0.29) is 11.7 Å². The maximum Gasteiger partial charge on any atom is 0.260 e. The van der Waals surface area contributed by atoms with Crippen LogP contribution in [0.3, 0.4) is 0 Å². The van der Waals surface area contributed by atoms with Gasteiger partial charge >= 0.3 is 0 Å². The zero-order chi connectivity index (χ0) is 22.0. The van der Waals surface area contributed by atoms with E-state index < -0.39 is 10.0 Å². The zero-order valence-corrected chi connectivity index (χ0v) is 18.5. The van der Waals surface area contributed by atoms with Crippen molar-refractivity contribution in [2.45, 2.75) is 26.7 Å². The van der Waals surface area contributed by atoms with Gasteiger partial charge in [-0.25, -0.2) is 8.42 Å². The Bertz CT molecular complexity index is 1240. The number of anilines is 2. The van der Waals surface area contributed by atoms with Crippen molar-refractivity contribution in [3.63, 3.8) is 0 Å². The summed E-state index contributed by atoms with van der Waals surface area (Å²) < 4.78 is 32.3. The van der Waals surface area contributed by atoms with E-state index in [0.29, 0.717) is 35.8 Å². The quantitative estimate of drug-likeness (QED) is 0.611. The molecule has 1 aliphatic rings. The highest BCUT2D eigenvalue weighted by Crippen LogP contribution is 2.33. The van der Waals surface area contributed by atoms with Crippen molar-refractivity contribution in [1.29, 1.82) is 0 Å². The van der Waals surface area contributed by atoms with Gasteiger partial charge in [0.1, 0.15) is 5.75 Å². The molecule has 1 heterocycles. The van der Waals surface area contributed by atoms with Gasteiger partial charge in [0.15, 0.2) is 0 Å². The van der Waals surface area contributed by atoms with Crippen LogP contribution in [0.1, 0.15) is 36.2 Å². The lowest BCUT2D eigenvalue weighted by Crippen LogP contribution is -2.36. The lowest BCUT2D eigenvalue weighted by atomic mass is 10.0. The number of carbonyl (C=O) groups excluding carboxylic acids is 1. The molecule has 0 saturated heterocycles. The highest BCUT2D eigenvalue weighted by molar-refractivity contribution is 7.92. The predicted octanol–water partition coefficient (Wildman–Crippen LogP) is 4.59. The number of aryl methyl sites for hydroxylation is 1. The Balaban J connectivity index is 1.72. The van der Waals surface area contributed by atoms with E-state index >= 15 is 0 Å². The number of hydrogen-bond acceptors (Lipinski definition) is 4. The Kier molecular flexibility index (Phi) is 5.87. The van der Waals surface area contributed by atoms with Gasteiger partial charge in [-0.1, -0.05) is 36.4 Å². The molecule has 1 N–H and O–H groups in total. The van der Waals surface area contributed by atoms with Crippen LogP contribution in [0.25, 0.3) is 10.8 Å². The third kappa shape index (κ3) is 4.10. The second-order valence-electron chi connectivity index (χ2n) is 7.47. The number of carbonyl (C=O) groups is 1. The molecule has 162 valence electrons. The molecule has 0 saturated carbocycles. The van der Waals surface area contributed by atoms with Crippen LogP contribution in [0.5, 0.6) is 5.75 Å². The molecule has 0 atom stereocenters. The Morgan fingerprint density at radius 2 is 1.90 bits per heavy atom. The normalized spacial score (nSPS) is 13.7. The van der Waals surface area contributed by atoms with E-state index in [1.165, 1.54) is 4.31 Å². The number of sulfonamides is 1. The van der Waals surface area contributed by atoms with Gasteiger partial charge in [0.05, 0.1) is 23.6 Å². The lowest BCUT2D eigenvalue weighted by Gasteiger charge is -2.30. The van der Waals surface area contributed by atoms with Gasteiger partial charge in [0, 0.05) is 12.2 Å². The fourth-order valence-corrected chi connectivity index (χ4v) is 5.21. The number of hydrogen-bond donors (Lipinski definition) is 1. The second kappa shape index (κ2) is 8.59. The van der Waals surface area contributed by atoms with Crippen LogP contribution in [0.2, 0.25) is 0 Å². The lowest BCUT2D eigenvalue weighted by molar-refractivity contribution is 0.102. The zero-order valence-electron chi connectivity index (χ0n) is 17.7. The van der Waals surface area contributed by atoms with Crippen LogP contribution in [0.15, 0.2) is 54.6 Å². The number of nitrogens with zero attached hydrogens (tertiary/aromatic N) is 1. The van der Waals surface area contributed by atoms with Gasteiger partial charge in [-0.3, -0.25) is 9.10 Å². The van der Waals surface area contributed by atoms with Crippen LogP contribution >= 0.6 is 0 Å². The minimum atomic E-state index is -3.37. The number of ether oxygens (including phenoxy) is 1. The van der Waals surface area contributed by atoms with Crippen LogP contribution in [0.4, 0.5) is 11.4 Å². The third-order valence-electron chi connectivity index (χ3n) is 5.54. The molecule has 0 aromatic heterocycles. The molecule has 0 spiro atoms. The van der Waals surface area contributed by atoms with Gasteiger partial charge in [-0.2, -0.15) is 0 Å². The topological polar surface area (TPSA) is 75.7 Å². The van der Waals surface area contributed by atoms with Gasteiger partial charge in [0.2, 0.25) is 10.0 Å². The molecule has 31 heavy (non-hydrogen) atoms. The molecule has 6 nitrogen and oxygen atoms in total. The van der Waals surface area contributed by atoms with Crippen molar-refractivity contribution in [3.05, 3.63) is 65.7 Å². The van der Waals surface area contributed by atoms with Crippen molar-refractivity contribution in [1.82, 2.24) is 0 Å². The van der Waals surface area contributed by atoms with E-state index in [2.05, 4.69) is 5.32 Å². The van der Waals surface area contributed by atoms with Crippen LogP contribution in [0, 0.1) is 0 Å². The van der Waals surface area contributed by atoms with Gasteiger partial charge < -0.3 is 10.1 Å². The van der Waals surface area contributed by atoms with Crippen molar-refractivity contribution < 1.29 is 17.9 Å². The van der Waals surface area contributed by atoms with Crippen LogP contribution < -0.4 is 14.4 Å². The predicted molar refractivity (Wildman–Crippen MR) is 125 cm³/mol. The van der Waals surface area contributed by atoms with Crippen molar-refractivity contribution in [2.75, 3.05) is 28.5 Å². The third-order valence-corrected chi connectivity index (χ3v) is 7.32. The summed E-state index contributed by atoms with van der Waals surface area (Å²) in [7, 11) is -3.37. The van der Waals surface area contributed by atoms with E-state index in [1.54, 1.807) is 13.0 Å². The first-order chi connectivity index (χ1) is 14.9. The Morgan fingerprint density at radius 3 is 2.68 bits per heavy atom. The minimum Gasteiger partial charge on any atom is -0.493 e. The molecule has 0 aliphatic carbocycles. The molecule has 0 fully saturated rings. The molecule has 1 amide bonds. The summed E-state index contributed by atoms with van der Waals surface area (Å²) in [4.78, 5) is 13.3. The first-order valence-electron chi connectivity index (χ1n) is 10.5. The molecular weight excluding hydrogens is 412 g/mol. The largest absolute Gasteiger partial charge is 0.493 e. The molecule has 4 rings (SSSR count). The minimum absolute atomic E-state index is 0.0384. The summed E-state index contributed by atoms with van der Waals surface area (Å²) in [5.74, 6) is 0.268. The fourth-order valence-electron chi connectivity index (χ4n) is 4.02. The summed E-state index contributed by atoms with van der Waals surface area (Å²) in [6.45, 7) is 4.42. The smallest absolute Gasteiger partial charge is 0.260 e. The van der Waals surface area contributed by atoms with E-state index in [9.17, 15) is 13.2 Å². The fraction of sp³-hybridized carbons (Fsp3) is 0.292. The Hall–Kier alpha value is -3.06. The van der Waals surface area contributed by atoms with Gasteiger partial charge in [-0.05, 0) is 61.2 Å². The molecule has 1 aliphatic heterocycles. The highest BCUT2D eigenvalue weighted by atomic mass is 32.2. The van der Waals surface area contributed by atoms with E-state index in [1.807, 2.05) is 55.5 Å². The SMILES string of the molecule is CCOc1ccc2ccccc2c1C(=O)Nc1ccc2c(c1)N(S(=O)(=O)CC)CCC2. The van der Waals surface area contributed by atoms with Crippen molar-refractivity contribution in [3.8, 4) is 5.75 Å². The standard InChI is InChI=1S/C24H26N2O4S/c1-3-30-22-14-12-17-8-5-6-10-20(17)23(22)24(27)25-19-13-11-18-9-7-15-26(21(18)16-19)31(28,29)4-2/h5-6,8,10-14,16H,3-4,7,9,15H2,1-2H3,(H,25,27). The molecule has 0 unspecified atom stereocenters. The summed E-state index contributed by atoms with van der Waals surface area (Å²) >= 11 is 0. The summed E-state index contributed by atoms with van der Waals surface area (Å²) in [6, 6.07) is 16.9. The number of amides is 1. The molecule has 0 bridgehead atoms. The molecule has 3 aromatic rings. The molecular formula is C24H26N2O4S. The summed E-state index contributed by atoms with van der Waals surface area (Å²) in [5, 5.41) is 4.70. The summed E-state index contributed by atoms with van der Waals surface area (Å²) in [5.41, 5.74) is 2.64. The molecule has 7 heteroatoms. The number of fused-ring (bicyclic) bond motifs is 2. The van der Waals surface area contributed by atoms with Crippen LogP contribution in [-0.4, -0.2) is 33.2 Å². The average molecular weight is 439 g/mol. The Labute approximate surface area is 182 Å². The summed E-state index contributed by atoms with van der Waals surface area (Å²) in [6.07, 6.45) is 1.60. The van der Waals surface area contributed by atoms with E-state index in [4.69, 9.17) is 4.74 Å². The van der Waals surface area contributed by atoms with Crippen LogP contribution in [-0.2, 0) is 16.4 Å². The number of nitrogens with one attached hydrogen (secondary N) is 1. The second-order valence-corrected chi connectivity index (χ2v) is 9.65. The van der Waals surface area contributed by atoms with Crippen molar-refractivity contribution >= 4 is 38.1 Å². The number of benzene rings is 3. The molecule has 3 aromatic carbocycles. The highest BCUT2D eigenvalue weighted by Gasteiger charge is 2.26. The Morgan fingerprint density at radius 1 is 1.10 bits per heavy atom. The van der Waals surface area contributed by atoms with E-state index in [0.717, 1.165) is 29.2 Å². The number of rotatable bonds is 6. The molecule has 0 radical (unpaired) electrons. The maximum atomic E-state index is 13.3. The average Bonchev–Trinajstić information content (AvgIpc) is 2.78. The monoisotopic (exact) mass is 438 g/mol. The maximum absolute atomic E-state index is 13.3.